The highest BCUT2D eigenvalue weighted by atomic mass is 16.7. The summed E-state index contributed by atoms with van der Waals surface area (Å²) in [7, 11) is 1.78. The molecule has 0 bridgehead atoms. The van der Waals surface area contributed by atoms with E-state index < -0.39 is 0 Å². The van der Waals surface area contributed by atoms with Crippen LogP contribution >= 0.6 is 0 Å². The topological polar surface area (TPSA) is 48.0 Å². The Hall–Kier alpha value is -2.53. The summed E-state index contributed by atoms with van der Waals surface area (Å²) in [5, 5.41) is 0. The van der Waals surface area contributed by atoms with Crippen LogP contribution in [0.4, 0.5) is 0 Å². The van der Waals surface area contributed by atoms with Crippen LogP contribution in [-0.4, -0.2) is 37.8 Å². The van der Waals surface area contributed by atoms with Crippen LogP contribution in [0.5, 0.6) is 11.5 Å². The maximum atomic E-state index is 12.7. The molecule has 0 aliphatic carbocycles. The number of hydrogen-bond acceptors (Lipinski definition) is 4. The number of rotatable bonds is 6. The highest BCUT2D eigenvalue weighted by Crippen LogP contribution is 2.34. The van der Waals surface area contributed by atoms with Gasteiger partial charge in [-0.2, -0.15) is 0 Å². The van der Waals surface area contributed by atoms with E-state index in [-0.39, 0.29) is 18.8 Å². The Bertz CT molecular complexity index is 800. The second-order valence-corrected chi connectivity index (χ2v) is 7.47. The van der Waals surface area contributed by atoms with Crippen LogP contribution in [0, 0.1) is 5.92 Å². The zero-order valence-corrected chi connectivity index (χ0v) is 16.3. The lowest BCUT2D eigenvalue weighted by molar-refractivity contribution is -0.133. The third kappa shape index (κ3) is 4.14. The summed E-state index contributed by atoms with van der Waals surface area (Å²) in [4.78, 5) is 14.7. The standard InChI is InChI=1S/C23H27NO4/c1-26-23(18-5-3-2-4-6-18)19-11-13-24(14-12-19)22(25)10-8-17-7-9-20-21(15-17)28-16-27-20/h2-7,9,15,19,23H,8,10-14,16H2,1H3. The van der Waals surface area contributed by atoms with Gasteiger partial charge in [0.1, 0.15) is 0 Å². The number of methoxy groups -OCH3 is 1. The van der Waals surface area contributed by atoms with Gasteiger partial charge >= 0.3 is 0 Å². The van der Waals surface area contributed by atoms with Crippen molar-refractivity contribution >= 4 is 5.91 Å². The fraction of sp³-hybridized carbons (Fsp3) is 0.435. The van der Waals surface area contributed by atoms with E-state index in [4.69, 9.17) is 14.2 Å². The van der Waals surface area contributed by atoms with E-state index in [0.717, 1.165) is 49.4 Å². The molecule has 2 heterocycles. The molecule has 0 N–H and O–H groups in total. The fourth-order valence-corrected chi connectivity index (χ4v) is 4.20. The fourth-order valence-electron chi connectivity index (χ4n) is 4.20. The minimum Gasteiger partial charge on any atom is -0.454 e. The van der Waals surface area contributed by atoms with E-state index in [9.17, 15) is 4.79 Å². The minimum atomic E-state index is 0.104. The van der Waals surface area contributed by atoms with Crippen LogP contribution in [0.1, 0.15) is 36.5 Å². The zero-order chi connectivity index (χ0) is 19.3. The van der Waals surface area contributed by atoms with E-state index >= 15 is 0 Å². The summed E-state index contributed by atoms with van der Waals surface area (Å²) in [5.41, 5.74) is 2.33. The molecule has 0 saturated carbocycles. The Labute approximate surface area is 166 Å². The molecule has 2 aromatic rings. The molecule has 4 rings (SSSR count). The molecule has 2 aliphatic heterocycles. The molecule has 1 fully saturated rings. The third-order valence-electron chi connectivity index (χ3n) is 5.77. The van der Waals surface area contributed by atoms with Crippen molar-refractivity contribution in [3.05, 3.63) is 59.7 Å². The Morgan fingerprint density at radius 2 is 1.86 bits per heavy atom. The maximum Gasteiger partial charge on any atom is 0.231 e. The first kappa shape index (κ1) is 18.8. The lowest BCUT2D eigenvalue weighted by atomic mass is 9.87. The number of carbonyl (C=O) groups is 1. The number of aryl methyl sites for hydroxylation is 1. The van der Waals surface area contributed by atoms with Crippen LogP contribution in [0.25, 0.3) is 0 Å². The molecule has 0 spiro atoms. The quantitative estimate of drug-likeness (QED) is 0.760. The van der Waals surface area contributed by atoms with Crippen LogP contribution in [0.2, 0.25) is 0 Å². The number of nitrogens with zero attached hydrogens (tertiary/aromatic N) is 1. The number of ether oxygens (including phenoxy) is 3. The molecular formula is C23H27NO4. The Kier molecular flexibility index (Phi) is 5.81. The molecule has 1 amide bonds. The van der Waals surface area contributed by atoms with Gasteiger partial charge in [-0.25, -0.2) is 0 Å². The number of benzene rings is 2. The van der Waals surface area contributed by atoms with Crippen molar-refractivity contribution in [3.8, 4) is 11.5 Å². The summed E-state index contributed by atoms with van der Waals surface area (Å²) in [5.74, 6) is 2.23. The summed E-state index contributed by atoms with van der Waals surface area (Å²) < 4.78 is 16.5. The molecule has 1 saturated heterocycles. The number of fused-ring (bicyclic) bond motifs is 1. The Morgan fingerprint density at radius 3 is 2.61 bits per heavy atom. The number of hydrogen-bond donors (Lipinski definition) is 0. The Balaban J connectivity index is 1.28. The van der Waals surface area contributed by atoms with Gasteiger partial charge in [0.15, 0.2) is 11.5 Å². The molecule has 5 nitrogen and oxygen atoms in total. The van der Waals surface area contributed by atoms with Gasteiger partial charge in [-0.3, -0.25) is 4.79 Å². The number of likely N-dealkylation sites (tertiary alicyclic amines) is 1. The van der Waals surface area contributed by atoms with Gasteiger partial charge in [-0.15, -0.1) is 0 Å². The normalized spacial score (nSPS) is 17.5. The first-order valence-electron chi connectivity index (χ1n) is 9.98. The molecule has 28 heavy (non-hydrogen) atoms. The van der Waals surface area contributed by atoms with Crippen LogP contribution in [0.15, 0.2) is 48.5 Å². The van der Waals surface area contributed by atoms with Gasteiger partial charge in [0.05, 0.1) is 6.10 Å². The average molecular weight is 381 g/mol. The number of amides is 1. The lowest BCUT2D eigenvalue weighted by Gasteiger charge is -2.35. The molecule has 1 atom stereocenters. The molecule has 148 valence electrons. The monoisotopic (exact) mass is 381 g/mol. The summed E-state index contributed by atoms with van der Waals surface area (Å²) in [6.45, 7) is 1.88. The zero-order valence-electron chi connectivity index (χ0n) is 16.3. The summed E-state index contributed by atoms with van der Waals surface area (Å²) in [6.07, 6.45) is 3.30. The summed E-state index contributed by atoms with van der Waals surface area (Å²) in [6, 6.07) is 16.3. The van der Waals surface area contributed by atoms with Crippen LogP contribution in [0.3, 0.4) is 0 Å². The highest BCUT2D eigenvalue weighted by Gasteiger charge is 2.29. The minimum absolute atomic E-state index is 0.104. The van der Waals surface area contributed by atoms with Crippen molar-refractivity contribution < 1.29 is 19.0 Å². The van der Waals surface area contributed by atoms with Gasteiger partial charge < -0.3 is 19.1 Å². The molecule has 1 unspecified atom stereocenters. The van der Waals surface area contributed by atoms with Gasteiger partial charge in [0.2, 0.25) is 12.7 Å². The van der Waals surface area contributed by atoms with E-state index in [0.29, 0.717) is 12.3 Å². The van der Waals surface area contributed by atoms with Crippen molar-refractivity contribution in [1.82, 2.24) is 4.90 Å². The van der Waals surface area contributed by atoms with Gasteiger partial charge in [0, 0.05) is 26.6 Å². The number of piperidine rings is 1. The van der Waals surface area contributed by atoms with E-state index in [1.54, 1.807) is 7.11 Å². The smallest absolute Gasteiger partial charge is 0.231 e. The van der Waals surface area contributed by atoms with Gasteiger partial charge in [0.25, 0.3) is 0 Å². The van der Waals surface area contributed by atoms with Crippen LogP contribution in [-0.2, 0) is 16.0 Å². The highest BCUT2D eigenvalue weighted by molar-refractivity contribution is 5.76. The first-order valence-corrected chi connectivity index (χ1v) is 9.98. The van der Waals surface area contributed by atoms with Crippen molar-refractivity contribution in [2.45, 2.75) is 31.8 Å². The lowest BCUT2D eigenvalue weighted by Crippen LogP contribution is -2.40. The predicted molar refractivity (Wildman–Crippen MR) is 106 cm³/mol. The average Bonchev–Trinajstić information content (AvgIpc) is 3.22. The molecular weight excluding hydrogens is 354 g/mol. The van der Waals surface area contributed by atoms with E-state index in [2.05, 4.69) is 24.3 Å². The molecule has 0 radical (unpaired) electrons. The maximum absolute atomic E-state index is 12.7. The summed E-state index contributed by atoms with van der Waals surface area (Å²) >= 11 is 0. The first-order chi connectivity index (χ1) is 13.7. The van der Waals surface area contributed by atoms with Crippen molar-refractivity contribution in [3.63, 3.8) is 0 Å². The Morgan fingerprint density at radius 1 is 1.11 bits per heavy atom. The molecule has 0 aromatic heterocycles. The van der Waals surface area contributed by atoms with Crippen molar-refractivity contribution in [2.24, 2.45) is 5.92 Å². The van der Waals surface area contributed by atoms with E-state index in [1.165, 1.54) is 5.56 Å². The number of carbonyl (C=O) groups excluding carboxylic acids is 1. The van der Waals surface area contributed by atoms with Crippen molar-refractivity contribution in [1.29, 1.82) is 0 Å². The molecule has 2 aliphatic rings. The van der Waals surface area contributed by atoms with Crippen LogP contribution < -0.4 is 9.47 Å². The van der Waals surface area contributed by atoms with E-state index in [1.807, 2.05) is 29.2 Å². The predicted octanol–water partition coefficient (Wildman–Crippen LogP) is 3.97. The second-order valence-electron chi connectivity index (χ2n) is 7.47. The molecule has 5 heteroatoms. The van der Waals surface area contributed by atoms with Gasteiger partial charge in [-0.05, 0) is 48.4 Å². The SMILES string of the molecule is COC(c1ccccc1)C1CCN(C(=O)CCc2ccc3c(c2)OCO3)CC1. The second kappa shape index (κ2) is 8.65. The van der Waals surface area contributed by atoms with Crippen molar-refractivity contribution in [2.75, 3.05) is 27.0 Å². The van der Waals surface area contributed by atoms with Gasteiger partial charge in [-0.1, -0.05) is 36.4 Å². The third-order valence-corrected chi connectivity index (χ3v) is 5.77. The molecule has 2 aromatic carbocycles. The largest absolute Gasteiger partial charge is 0.454 e.